The molecular weight excluding hydrogens is 677 g/mol. The highest BCUT2D eigenvalue weighted by atomic mass is 32.1. The van der Waals surface area contributed by atoms with Gasteiger partial charge in [-0.05, 0) is 75.5 Å². The van der Waals surface area contributed by atoms with Crippen LogP contribution in [0.15, 0.2) is 186 Å². The molecule has 0 amide bonds. The van der Waals surface area contributed by atoms with E-state index in [0.717, 1.165) is 61.1 Å². The summed E-state index contributed by atoms with van der Waals surface area (Å²) in [4.78, 5) is 10.5. The number of benzene rings is 8. The molecule has 0 unspecified atom stereocenters. The quantitative estimate of drug-likeness (QED) is 0.179. The largest absolute Gasteiger partial charge is 0.455 e. The Morgan fingerprint density at radius 2 is 1.00 bits per heavy atom. The van der Waals surface area contributed by atoms with Crippen LogP contribution in [0.5, 0.6) is 0 Å². The molecular formula is C50H30N2OS. The van der Waals surface area contributed by atoms with Gasteiger partial charge in [-0.2, -0.15) is 0 Å². The van der Waals surface area contributed by atoms with Gasteiger partial charge in [0.25, 0.3) is 0 Å². The molecule has 3 heterocycles. The normalized spacial score (nSPS) is 11.7. The van der Waals surface area contributed by atoms with E-state index in [4.69, 9.17) is 14.4 Å². The first-order valence-electron chi connectivity index (χ1n) is 18.1. The number of para-hydroxylation sites is 2. The summed E-state index contributed by atoms with van der Waals surface area (Å²) in [5, 5.41) is 7.16. The monoisotopic (exact) mass is 706 g/mol. The van der Waals surface area contributed by atoms with Crippen molar-refractivity contribution < 1.29 is 4.42 Å². The third kappa shape index (κ3) is 5.03. The molecule has 0 aliphatic carbocycles. The minimum Gasteiger partial charge on any atom is -0.455 e. The maximum atomic E-state index is 6.53. The Balaban J connectivity index is 1.19. The molecule has 0 fully saturated rings. The fourth-order valence-corrected chi connectivity index (χ4v) is 9.17. The number of thiophene rings is 1. The Labute approximate surface area is 315 Å². The summed E-state index contributed by atoms with van der Waals surface area (Å²) < 4.78 is 9.10. The first-order valence-corrected chi connectivity index (χ1v) is 19.0. The van der Waals surface area contributed by atoms with Gasteiger partial charge in [0.05, 0.1) is 11.4 Å². The van der Waals surface area contributed by atoms with Gasteiger partial charge in [0.15, 0.2) is 5.82 Å². The lowest BCUT2D eigenvalue weighted by Gasteiger charge is -2.15. The molecule has 11 rings (SSSR count). The highest BCUT2D eigenvalue weighted by Crippen LogP contribution is 2.43. The van der Waals surface area contributed by atoms with E-state index in [-0.39, 0.29) is 0 Å². The standard InChI is InChI=1S/C50H30N2OS/c1-2-14-32(15-3-1)50-51-44(30-45(52-50)43-24-12-22-41-39-18-6-8-25-46(39)53-48(41)43)35-28-33(37-20-10-16-31-13-4-5-17-36(31)37)27-34(29-35)38-21-11-23-42-40-19-7-9-26-47(40)54-49(38)42/h1-30H. The van der Waals surface area contributed by atoms with Crippen LogP contribution in [0.4, 0.5) is 0 Å². The number of hydrogen-bond donors (Lipinski definition) is 0. The molecule has 0 aliphatic heterocycles. The molecule has 0 radical (unpaired) electrons. The van der Waals surface area contributed by atoms with E-state index in [1.165, 1.54) is 42.1 Å². The van der Waals surface area contributed by atoms with E-state index in [9.17, 15) is 0 Å². The van der Waals surface area contributed by atoms with Gasteiger partial charge in [-0.3, -0.25) is 0 Å². The predicted molar refractivity (Wildman–Crippen MR) is 227 cm³/mol. The van der Waals surface area contributed by atoms with Gasteiger partial charge in [0, 0.05) is 47.6 Å². The van der Waals surface area contributed by atoms with Crippen molar-refractivity contribution in [3.05, 3.63) is 182 Å². The van der Waals surface area contributed by atoms with Crippen LogP contribution in [-0.2, 0) is 0 Å². The van der Waals surface area contributed by atoms with Crippen molar-refractivity contribution >= 4 is 64.2 Å². The van der Waals surface area contributed by atoms with Crippen LogP contribution in [-0.4, -0.2) is 9.97 Å². The second-order valence-corrected chi connectivity index (χ2v) is 14.8. The zero-order valence-corrected chi connectivity index (χ0v) is 29.8. The molecule has 252 valence electrons. The molecule has 0 bridgehead atoms. The summed E-state index contributed by atoms with van der Waals surface area (Å²) in [6, 6.07) is 64.4. The molecule has 0 spiro atoms. The van der Waals surface area contributed by atoms with E-state index in [1.54, 1.807) is 0 Å². The Kier molecular flexibility index (Phi) is 7.04. The zero-order chi connectivity index (χ0) is 35.6. The Hall–Kier alpha value is -6.88. The molecule has 54 heavy (non-hydrogen) atoms. The molecule has 0 saturated heterocycles. The molecule has 11 aromatic rings. The van der Waals surface area contributed by atoms with Crippen LogP contribution in [0.25, 0.3) is 109 Å². The third-order valence-corrected chi connectivity index (χ3v) is 11.7. The van der Waals surface area contributed by atoms with Crippen LogP contribution in [0.3, 0.4) is 0 Å². The van der Waals surface area contributed by atoms with Gasteiger partial charge in [-0.1, -0.05) is 140 Å². The van der Waals surface area contributed by atoms with Gasteiger partial charge in [0.1, 0.15) is 11.2 Å². The van der Waals surface area contributed by atoms with Crippen molar-refractivity contribution in [3.8, 4) is 56.2 Å². The Morgan fingerprint density at radius 3 is 1.89 bits per heavy atom. The molecule has 8 aromatic carbocycles. The molecule has 0 aliphatic rings. The van der Waals surface area contributed by atoms with Crippen molar-refractivity contribution in [2.45, 2.75) is 0 Å². The van der Waals surface area contributed by atoms with Gasteiger partial charge >= 0.3 is 0 Å². The van der Waals surface area contributed by atoms with Crippen molar-refractivity contribution in [3.63, 3.8) is 0 Å². The molecule has 0 atom stereocenters. The summed E-state index contributed by atoms with van der Waals surface area (Å²) in [6.07, 6.45) is 0. The fraction of sp³-hybridized carbons (Fsp3) is 0. The van der Waals surface area contributed by atoms with Gasteiger partial charge < -0.3 is 4.42 Å². The van der Waals surface area contributed by atoms with E-state index in [0.29, 0.717) is 5.82 Å². The maximum absolute atomic E-state index is 6.53. The lowest BCUT2D eigenvalue weighted by atomic mass is 9.91. The summed E-state index contributed by atoms with van der Waals surface area (Å²) >= 11 is 1.86. The minimum absolute atomic E-state index is 0.667. The minimum atomic E-state index is 0.667. The lowest BCUT2D eigenvalue weighted by molar-refractivity contribution is 0.670. The Bertz CT molecular complexity index is 3220. The maximum Gasteiger partial charge on any atom is 0.160 e. The number of nitrogens with zero attached hydrogens (tertiary/aromatic N) is 2. The van der Waals surface area contributed by atoms with Crippen LogP contribution in [0.2, 0.25) is 0 Å². The SMILES string of the molecule is c1ccc(-c2nc(-c3cc(-c4cccc5ccccc45)cc(-c4cccc5c4sc4ccccc45)c3)cc(-c3cccc4c3oc3ccccc34)n2)cc1. The van der Waals surface area contributed by atoms with Gasteiger partial charge in [-0.25, -0.2) is 9.97 Å². The third-order valence-electron chi connectivity index (χ3n) is 10.5. The molecule has 0 N–H and O–H groups in total. The lowest BCUT2D eigenvalue weighted by Crippen LogP contribution is -1.97. The van der Waals surface area contributed by atoms with Crippen LogP contribution < -0.4 is 0 Å². The van der Waals surface area contributed by atoms with E-state index in [1.807, 2.05) is 41.7 Å². The Morgan fingerprint density at radius 1 is 0.389 bits per heavy atom. The van der Waals surface area contributed by atoms with Crippen LogP contribution >= 0.6 is 11.3 Å². The molecule has 0 saturated carbocycles. The number of furan rings is 1. The van der Waals surface area contributed by atoms with Crippen LogP contribution in [0.1, 0.15) is 0 Å². The predicted octanol–water partition coefficient (Wildman–Crippen LogP) is 14.2. The zero-order valence-electron chi connectivity index (χ0n) is 29.0. The highest BCUT2D eigenvalue weighted by molar-refractivity contribution is 7.26. The second-order valence-electron chi connectivity index (χ2n) is 13.7. The van der Waals surface area contributed by atoms with Crippen molar-refractivity contribution in [2.75, 3.05) is 0 Å². The highest BCUT2D eigenvalue weighted by Gasteiger charge is 2.19. The van der Waals surface area contributed by atoms with Crippen molar-refractivity contribution in [1.29, 1.82) is 0 Å². The summed E-state index contributed by atoms with van der Waals surface area (Å²) in [5.74, 6) is 0.667. The number of rotatable bonds is 5. The van der Waals surface area contributed by atoms with Crippen molar-refractivity contribution in [2.24, 2.45) is 0 Å². The second kappa shape index (κ2) is 12.4. The first kappa shape index (κ1) is 30.7. The summed E-state index contributed by atoms with van der Waals surface area (Å²) in [6.45, 7) is 0. The van der Waals surface area contributed by atoms with E-state index < -0.39 is 0 Å². The number of aromatic nitrogens is 2. The molecule has 3 aromatic heterocycles. The van der Waals surface area contributed by atoms with Crippen LogP contribution in [0, 0.1) is 0 Å². The average Bonchev–Trinajstić information content (AvgIpc) is 3.82. The number of fused-ring (bicyclic) bond motifs is 7. The summed E-state index contributed by atoms with van der Waals surface area (Å²) in [7, 11) is 0. The molecule has 4 heteroatoms. The topological polar surface area (TPSA) is 38.9 Å². The fourth-order valence-electron chi connectivity index (χ4n) is 7.94. The first-order chi connectivity index (χ1) is 26.7. The van der Waals surface area contributed by atoms with E-state index in [2.05, 4.69) is 152 Å². The molecule has 3 nitrogen and oxygen atoms in total. The smallest absolute Gasteiger partial charge is 0.160 e. The van der Waals surface area contributed by atoms with Gasteiger partial charge in [0.2, 0.25) is 0 Å². The number of hydrogen-bond acceptors (Lipinski definition) is 4. The van der Waals surface area contributed by atoms with Crippen molar-refractivity contribution in [1.82, 2.24) is 9.97 Å². The van der Waals surface area contributed by atoms with Gasteiger partial charge in [-0.15, -0.1) is 11.3 Å². The summed E-state index contributed by atoms with van der Waals surface area (Å²) in [5.41, 5.74) is 10.9. The van der Waals surface area contributed by atoms with E-state index >= 15 is 0 Å². The average molecular weight is 707 g/mol.